The second-order valence-electron chi connectivity index (χ2n) is 3.80. The van der Waals surface area contributed by atoms with Crippen molar-refractivity contribution in [3.63, 3.8) is 0 Å². The third-order valence-electron chi connectivity index (χ3n) is 2.37. The van der Waals surface area contributed by atoms with Gasteiger partial charge in [0.2, 0.25) is 5.28 Å². The summed E-state index contributed by atoms with van der Waals surface area (Å²) in [7, 11) is 1.93. The first-order valence-corrected chi connectivity index (χ1v) is 6.75. The van der Waals surface area contributed by atoms with Gasteiger partial charge >= 0.3 is 0 Å². The summed E-state index contributed by atoms with van der Waals surface area (Å²) in [5.41, 5.74) is 1.10. The normalized spacial score (nSPS) is 10.4. The lowest BCUT2D eigenvalue weighted by molar-refractivity contribution is 0.886. The van der Waals surface area contributed by atoms with Crippen molar-refractivity contribution in [3.8, 4) is 0 Å². The van der Waals surface area contributed by atoms with Gasteiger partial charge in [0.1, 0.15) is 5.82 Å². The largest absolute Gasteiger partial charge is 0.354 e. The molecule has 0 fully saturated rings. The molecule has 94 valence electrons. The van der Waals surface area contributed by atoms with Gasteiger partial charge in [-0.3, -0.25) is 0 Å². The van der Waals surface area contributed by atoms with Gasteiger partial charge in [0.15, 0.2) is 0 Å². The number of anilines is 1. The number of nitrogens with zero attached hydrogens (tertiary/aromatic N) is 3. The second kappa shape index (κ2) is 5.87. The van der Waals surface area contributed by atoms with Crippen molar-refractivity contribution >= 4 is 44.9 Å². The molecule has 1 heterocycles. The molecule has 0 bridgehead atoms. The van der Waals surface area contributed by atoms with Crippen LogP contribution < -0.4 is 4.90 Å². The highest BCUT2D eigenvalue weighted by molar-refractivity contribution is 9.10. The van der Waals surface area contributed by atoms with E-state index in [1.165, 1.54) is 0 Å². The molecule has 0 spiro atoms. The molecule has 18 heavy (non-hydrogen) atoms. The summed E-state index contributed by atoms with van der Waals surface area (Å²) in [6, 6.07) is 7.71. The number of aromatic nitrogens is 2. The molecule has 0 aliphatic heterocycles. The van der Waals surface area contributed by atoms with Crippen LogP contribution in [0.25, 0.3) is 0 Å². The fourth-order valence-electron chi connectivity index (χ4n) is 1.59. The average molecular weight is 347 g/mol. The molecule has 3 nitrogen and oxygen atoms in total. The van der Waals surface area contributed by atoms with E-state index in [-0.39, 0.29) is 5.28 Å². The third-order valence-corrected chi connectivity index (χ3v) is 3.34. The zero-order valence-electron chi connectivity index (χ0n) is 9.57. The van der Waals surface area contributed by atoms with Crippen molar-refractivity contribution < 1.29 is 0 Å². The van der Waals surface area contributed by atoms with Gasteiger partial charge in [-0.1, -0.05) is 23.7 Å². The van der Waals surface area contributed by atoms with Gasteiger partial charge in [-0.15, -0.1) is 0 Å². The van der Waals surface area contributed by atoms with Crippen LogP contribution in [0.2, 0.25) is 10.3 Å². The topological polar surface area (TPSA) is 29.0 Å². The minimum Gasteiger partial charge on any atom is -0.354 e. The SMILES string of the molecule is CN(Cc1cccc(Cl)c1)c1nc(Cl)ncc1Br. The molecule has 0 radical (unpaired) electrons. The molecular weight excluding hydrogens is 337 g/mol. The lowest BCUT2D eigenvalue weighted by Crippen LogP contribution is -2.18. The zero-order valence-corrected chi connectivity index (χ0v) is 12.7. The van der Waals surface area contributed by atoms with E-state index < -0.39 is 0 Å². The number of halogens is 3. The lowest BCUT2D eigenvalue weighted by atomic mass is 10.2. The molecule has 0 saturated heterocycles. The molecular formula is C12H10BrCl2N3. The molecule has 6 heteroatoms. The minimum absolute atomic E-state index is 0.228. The summed E-state index contributed by atoms with van der Waals surface area (Å²) < 4.78 is 0.802. The molecule has 0 N–H and O–H groups in total. The van der Waals surface area contributed by atoms with E-state index >= 15 is 0 Å². The Morgan fingerprint density at radius 1 is 1.33 bits per heavy atom. The van der Waals surface area contributed by atoms with Crippen LogP contribution in [0, 0.1) is 0 Å². The second-order valence-corrected chi connectivity index (χ2v) is 5.43. The Labute approximate surface area is 124 Å². The van der Waals surface area contributed by atoms with Gasteiger partial charge in [-0.2, -0.15) is 4.98 Å². The smallest absolute Gasteiger partial charge is 0.224 e. The van der Waals surface area contributed by atoms with Gasteiger partial charge in [-0.25, -0.2) is 4.98 Å². The predicted molar refractivity (Wildman–Crippen MR) is 78.3 cm³/mol. The molecule has 0 saturated carbocycles. The third kappa shape index (κ3) is 3.34. The Bertz CT molecular complexity index is 563. The Morgan fingerprint density at radius 2 is 2.11 bits per heavy atom. The maximum atomic E-state index is 5.96. The highest BCUT2D eigenvalue weighted by Crippen LogP contribution is 2.25. The van der Waals surface area contributed by atoms with E-state index in [0.717, 1.165) is 20.9 Å². The van der Waals surface area contributed by atoms with E-state index in [4.69, 9.17) is 23.2 Å². The van der Waals surface area contributed by atoms with Crippen molar-refractivity contribution in [2.24, 2.45) is 0 Å². The maximum Gasteiger partial charge on any atom is 0.224 e. The molecule has 2 aromatic rings. The number of benzene rings is 1. The van der Waals surface area contributed by atoms with Crippen LogP contribution in [0.1, 0.15) is 5.56 Å². The number of hydrogen-bond acceptors (Lipinski definition) is 3. The maximum absolute atomic E-state index is 5.96. The summed E-state index contributed by atoms with van der Waals surface area (Å²) in [6.07, 6.45) is 1.64. The van der Waals surface area contributed by atoms with Crippen molar-refractivity contribution in [1.82, 2.24) is 9.97 Å². The fraction of sp³-hybridized carbons (Fsp3) is 0.167. The van der Waals surface area contributed by atoms with Gasteiger partial charge < -0.3 is 4.90 Å². The minimum atomic E-state index is 0.228. The molecule has 2 rings (SSSR count). The lowest BCUT2D eigenvalue weighted by Gasteiger charge is -2.19. The predicted octanol–water partition coefficient (Wildman–Crippen LogP) is 4.18. The van der Waals surface area contributed by atoms with Crippen LogP contribution in [0.5, 0.6) is 0 Å². The molecule has 0 aliphatic carbocycles. The number of hydrogen-bond donors (Lipinski definition) is 0. The summed E-state index contributed by atoms with van der Waals surface area (Å²) >= 11 is 15.2. The average Bonchev–Trinajstić information content (AvgIpc) is 2.32. The number of rotatable bonds is 3. The summed E-state index contributed by atoms with van der Waals surface area (Å²) in [6.45, 7) is 0.687. The van der Waals surface area contributed by atoms with Crippen molar-refractivity contribution in [1.29, 1.82) is 0 Å². The van der Waals surface area contributed by atoms with Gasteiger partial charge in [0.25, 0.3) is 0 Å². The van der Waals surface area contributed by atoms with Gasteiger partial charge in [-0.05, 0) is 45.2 Å². The molecule has 0 atom stereocenters. The Hall–Kier alpha value is -0.840. The Kier molecular flexibility index (Phi) is 4.43. The van der Waals surface area contributed by atoms with Crippen LogP contribution in [0.4, 0.5) is 5.82 Å². The van der Waals surface area contributed by atoms with E-state index in [1.54, 1.807) is 6.20 Å². The van der Waals surface area contributed by atoms with Crippen LogP contribution >= 0.6 is 39.1 Å². The van der Waals surface area contributed by atoms with Crippen LogP contribution in [0.15, 0.2) is 34.9 Å². The van der Waals surface area contributed by atoms with Crippen LogP contribution in [0.3, 0.4) is 0 Å². The molecule has 1 aromatic heterocycles. The first-order chi connectivity index (χ1) is 8.56. The monoisotopic (exact) mass is 345 g/mol. The van der Waals surface area contributed by atoms with E-state index in [2.05, 4.69) is 25.9 Å². The Morgan fingerprint density at radius 3 is 2.83 bits per heavy atom. The quantitative estimate of drug-likeness (QED) is 0.780. The van der Waals surface area contributed by atoms with Crippen molar-refractivity contribution in [2.45, 2.75) is 6.54 Å². The molecule has 0 aliphatic rings. The van der Waals surface area contributed by atoms with E-state index in [9.17, 15) is 0 Å². The van der Waals surface area contributed by atoms with Crippen molar-refractivity contribution in [3.05, 3.63) is 50.8 Å². The summed E-state index contributed by atoms with van der Waals surface area (Å²) in [5, 5.41) is 0.951. The fourth-order valence-corrected chi connectivity index (χ4v) is 2.42. The Balaban J connectivity index is 2.21. The van der Waals surface area contributed by atoms with Gasteiger partial charge in [0, 0.05) is 24.8 Å². The summed E-state index contributed by atoms with van der Waals surface area (Å²) in [4.78, 5) is 10.1. The molecule has 0 unspecified atom stereocenters. The van der Waals surface area contributed by atoms with Crippen LogP contribution in [-0.4, -0.2) is 17.0 Å². The van der Waals surface area contributed by atoms with E-state index in [1.807, 2.05) is 36.2 Å². The zero-order chi connectivity index (χ0) is 13.1. The summed E-state index contributed by atoms with van der Waals surface area (Å²) in [5.74, 6) is 0.745. The highest BCUT2D eigenvalue weighted by Gasteiger charge is 2.09. The first kappa shape index (κ1) is 13.6. The van der Waals surface area contributed by atoms with Crippen molar-refractivity contribution in [2.75, 3.05) is 11.9 Å². The highest BCUT2D eigenvalue weighted by atomic mass is 79.9. The molecule has 0 amide bonds. The first-order valence-electron chi connectivity index (χ1n) is 5.20. The standard InChI is InChI=1S/C12H10BrCl2N3/c1-18(7-8-3-2-4-9(14)5-8)11-10(13)6-16-12(15)17-11/h2-6H,7H2,1H3. The molecule has 1 aromatic carbocycles. The van der Waals surface area contributed by atoms with Crippen LogP contribution in [-0.2, 0) is 6.54 Å². The van der Waals surface area contributed by atoms with E-state index in [0.29, 0.717) is 6.54 Å². The van der Waals surface area contributed by atoms with Gasteiger partial charge in [0.05, 0.1) is 4.47 Å².